The van der Waals surface area contributed by atoms with E-state index in [0.29, 0.717) is 33.0 Å². The van der Waals surface area contributed by atoms with Gasteiger partial charge < -0.3 is 16.0 Å². The smallest absolute Gasteiger partial charge is 0.272 e. The van der Waals surface area contributed by atoms with Gasteiger partial charge in [0.25, 0.3) is 11.8 Å². The Hall–Kier alpha value is -6.55. The van der Waals surface area contributed by atoms with Crippen molar-refractivity contribution < 1.29 is 24.0 Å². The molecule has 0 fully saturated rings. The van der Waals surface area contributed by atoms with Gasteiger partial charge in [-0.3, -0.25) is 24.0 Å². The van der Waals surface area contributed by atoms with E-state index < -0.39 is 17.1 Å². The number of rotatable bonds is 10. The zero-order valence-electron chi connectivity index (χ0n) is 28.4. The summed E-state index contributed by atoms with van der Waals surface area (Å²) in [6.45, 7) is 0. The van der Waals surface area contributed by atoms with Crippen LogP contribution >= 0.6 is 23.4 Å². The topological polar surface area (TPSA) is 121 Å². The van der Waals surface area contributed by atoms with Crippen molar-refractivity contribution in [1.82, 2.24) is 5.32 Å². The van der Waals surface area contributed by atoms with E-state index >= 15 is 0 Å². The van der Waals surface area contributed by atoms with Crippen LogP contribution in [0.15, 0.2) is 162 Å². The van der Waals surface area contributed by atoms with Crippen molar-refractivity contribution in [2.45, 2.75) is 10.1 Å². The number of hydrogen-bond donors (Lipinski definition) is 3. The Kier molecular flexibility index (Phi) is 10.6. The summed E-state index contributed by atoms with van der Waals surface area (Å²) in [6, 6.07) is 43.1. The van der Waals surface area contributed by atoms with Crippen LogP contribution < -0.4 is 16.0 Å². The lowest BCUT2D eigenvalue weighted by molar-refractivity contribution is -0.116. The van der Waals surface area contributed by atoms with Crippen molar-refractivity contribution in [1.29, 1.82) is 0 Å². The molecule has 1 unspecified atom stereocenters. The summed E-state index contributed by atoms with van der Waals surface area (Å²) < 4.78 is 0. The molecule has 0 aromatic heterocycles. The minimum atomic E-state index is -0.746. The van der Waals surface area contributed by atoms with Crippen LogP contribution in [0.2, 0.25) is 5.02 Å². The van der Waals surface area contributed by atoms with Crippen LogP contribution in [0.25, 0.3) is 6.08 Å². The number of carbonyl (C=O) groups excluding carboxylic acids is 5. The van der Waals surface area contributed by atoms with Gasteiger partial charge in [0.2, 0.25) is 5.91 Å². The number of nitrogens with one attached hydrogen (secondary N) is 3. The van der Waals surface area contributed by atoms with Gasteiger partial charge in [-0.15, -0.1) is 11.8 Å². The predicted molar refractivity (Wildman–Crippen MR) is 212 cm³/mol. The molecule has 54 heavy (non-hydrogen) atoms. The van der Waals surface area contributed by atoms with Crippen molar-refractivity contribution >= 4 is 70.1 Å². The molecule has 6 aromatic carbocycles. The Morgan fingerprint density at radius 2 is 1.26 bits per heavy atom. The molecule has 0 spiro atoms. The van der Waals surface area contributed by atoms with E-state index in [-0.39, 0.29) is 40.0 Å². The highest BCUT2D eigenvalue weighted by Crippen LogP contribution is 2.38. The number of anilines is 2. The predicted octanol–water partition coefficient (Wildman–Crippen LogP) is 9.00. The Morgan fingerprint density at radius 1 is 0.630 bits per heavy atom. The summed E-state index contributed by atoms with van der Waals surface area (Å²) in [4.78, 5) is 68.3. The van der Waals surface area contributed by atoms with Crippen molar-refractivity contribution in [3.8, 4) is 0 Å². The molecule has 0 bridgehead atoms. The number of thioether (sulfide) groups is 1. The maximum Gasteiger partial charge on any atom is 0.272 e. The summed E-state index contributed by atoms with van der Waals surface area (Å²) in [5, 5.41) is 8.22. The molecule has 264 valence electrons. The molecule has 10 heteroatoms. The number of amides is 3. The molecule has 0 saturated carbocycles. The average molecular weight is 748 g/mol. The van der Waals surface area contributed by atoms with Gasteiger partial charge >= 0.3 is 0 Å². The fraction of sp³-hybridized carbons (Fsp3) is 0.0227. The van der Waals surface area contributed by atoms with Crippen molar-refractivity contribution in [2.75, 3.05) is 10.6 Å². The molecular formula is C44H30ClN3O5S. The molecule has 3 amide bonds. The van der Waals surface area contributed by atoms with E-state index in [1.807, 2.05) is 30.3 Å². The highest BCUT2D eigenvalue weighted by atomic mass is 35.5. The van der Waals surface area contributed by atoms with Gasteiger partial charge in [-0.05, 0) is 71.8 Å². The van der Waals surface area contributed by atoms with Crippen molar-refractivity contribution in [3.63, 3.8) is 0 Å². The van der Waals surface area contributed by atoms with Crippen LogP contribution in [-0.2, 0) is 9.59 Å². The number of hydrogen-bond acceptors (Lipinski definition) is 6. The molecule has 1 aliphatic rings. The largest absolute Gasteiger partial charge is 0.324 e. The highest BCUT2D eigenvalue weighted by Gasteiger charge is 2.33. The number of halogens is 1. The molecule has 7 rings (SSSR count). The zero-order chi connectivity index (χ0) is 37.6. The van der Waals surface area contributed by atoms with Gasteiger partial charge in [-0.2, -0.15) is 0 Å². The normalized spacial score (nSPS) is 12.6. The van der Waals surface area contributed by atoms with Gasteiger partial charge in [0, 0.05) is 37.9 Å². The molecule has 0 radical (unpaired) electrons. The molecule has 1 atom stereocenters. The van der Waals surface area contributed by atoms with E-state index in [2.05, 4.69) is 16.0 Å². The summed E-state index contributed by atoms with van der Waals surface area (Å²) in [5.41, 5.74) is 3.48. The quantitative estimate of drug-likeness (QED) is 0.0949. The number of fused-ring (bicyclic) bond motifs is 2. The van der Waals surface area contributed by atoms with Crippen LogP contribution in [0, 0.1) is 0 Å². The van der Waals surface area contributed by atoms with Crippen LogP contribution in [-0.4, -0.2) is 29.3 Å². The number of carbonyl (C=O) groups is 5. The Morgan fingerprint density at radius 3 is 1.96 bits per heavy atom. The summed E-state index contributed by atoms with van der Waals surface area (Å²) in [7, 11) is 0. The monoisotopic (exact) mass is 747 g/mol. The van der Waals surface area contributed by atoms with Crippen LogP contribution in [0.1, 0.15) is 58.6 Å². The Balaban J connectivity index is 1.10. The molecular weight excluding hydrogens is 718 g/mol. The third-order valence-corrected chi connectivity index (χ3v) is 10.1. The van der Waals surface area contributed by atoms with Gasteiger partial charge in [0.15, 0.2) is 11.6 Å². The third kappa shape index (κ3) is 7.92. The van der Waals surface area contributed by atoms with Gasteiger partial charge in [-0.1, -0.05) is 109 Å². The molecule has 6 aromatic rings. The maximum absolute atomic E-state index is 14.1. The minimum Gasteiger partial charge on any atom is -0.324 e. The fourth-order valence-corrected chi connectivity index (χ4v) is 7.23. The molecule has 0 aliphatic heterocycles. The lowest BCUT2D eigenvalue weighted by atomic mass is 9.83. The van der Waals surface area contributed by atoms with E-state index in [9.17, 15) is 24.0 Å². The summed E-state index contributed by atoms with van der Waals surface area (Å²) >= 11 is 7.46. The van der Waals surface area contributed by atoms with Crippen LogP contribution in [0.3, 0.4) is 0 Å². The zero-order valence-corrected chi connectivity index (χ0v) is 30.0. The lowest BCUT2D eigenvalue weighted by Crippen LogP contribution is -2.30. The fourth-order valence-electron chi connectivity index (χ4n) is 6.01. The molecule has 8 nitrogen and oxygen atoms in total. The Labute approximate surface area is 320 Å². The van der Waals surface area contributed by atoms with E-state index in [1.54, 1.807) is 127 Å². The van der Waals surface area contributed by atoms with Crippen LogP contribution in [0.4, 0.5) is 11.4 Å². The highest BCUT2D eigenvalue weighted by molar-refractivity contribution is 8.00. The third-order valence-electron chi connectivity index (χ3n) is 8.61. The van der Waals surface area contributed by atoms with Crippen LogP contribution in [0.5, 0.6) is 0 Å². The number of ketones is 2. The lowest BCUT2D eigenvalue weighted by Gasteiger charge is -2.22. The van der Waals surface area contributed by atoms with Gasteiger partial charge in [0.1, 0.15) is 10.9 Å². The van der Waals surface area contributed by atoms with E-state index in [0.717, 1.165) is 10.5 Å². The van der Waals surface area contributed by atoms with E-state index in [1.165, 1.54) is 11.8 Å². The van der Waals surface area contributed by atoms with Gasteiger partial charge in [0.05, 0.1) is 11.3 Å². The van der Waals surface area contributed by atoms with Crippen molar-refractivity contribution in [3.05, 3.63) is 201 Å². The molecule has 0 saturated heterocycles. The standard InChI is InChI=1S/C44H30ClN3O5S/c45-30-16-9-11-27(25-30)26-37(48-42(51)29-14-5-2-6-15-29)43(52)46-31-21-23-32(24-22-31)54-41(28-12-3-1-4-13-28)44(53)47-36-20-10-19-35-38(36)40(50)34-18-8-7-17-33(34)39(35)49/h1-26,41H,(H,46,52)(H,47,53)(H,48,51)/b37-26-. The average Bonchev–Trinajstić information content (AvgIpc) is 3.20. The number of benzene rings is 6. The first-order chi connectivity index (χ1) is 26.2. The van der Waals surface area contributed by atoms with Crippen molar-refractivity contribution in [2.24, 2.45) is 0 Å². The first kappa shape index (κ1) is 35.8. The SMILES string of the molecule is O=C(Nc1ccc(SC(C(=O)Nc2cccc3c2C(=O)c2ccccc2C3=O)c2ccccc2)cc1)/C(=C/c1cccc(Cl)c1)NC(=O)c1ccccc1. The second-order valence-corrected chi connectivity index (χ2v) is 13.9. The molecule has 0 heterocycles. The first-order valence-electron chi connectivity index (χ1n) is 16.8. The second kappa shape index (κ2) is 16.0. The summed E-state index contributed by atoms with van der Waals surface area (Å²) in [6.07, 6.45) is 1.54. The van der Waals surface area contributed by atoms with E-state index in [4.69, 9.17) is 11.6 Å². The molecule has 3 N–H and O–H groups in total. The minimum absolute atomic E-state index is 0.0113. The van der Waals surface area contributed by atoms with Gasteiger partial charge in [-0.25, -0.2) is 0 Å². The second-order valence-electron chi connectivity index (χ2n) is 12.2. The first-order valence-corrected chi connectivity index (χ1v) is 18.1. The summed E-state index contributed by atoms with van der Waals surface area (Å²) in [5.74, 6) is -2.00. The Bertz CT molecular complexity index is 2450. The maximum atomic E-state index is 14.1. The molecule has 1 aliphatic carbocycles.